The lowest BCUT2D eigenvalue weighted by Gasteiger charge is -2.09. The summed E-state index contributed by atoms with van der Waals surface area (Å²) in [5.41, 5.74) is 7.02. The monoisotopic (exact) mass is 305 g/mol. The molecule has 0 radical (unpaired) electrons. The second-order valence-electron chi connectivity index (χ2n) is 4.67. The number of hydrogen-bond acceptors (Lipinski definition) is 3. The van der Waals surface area contributed by atoms with Gasteiger partial charge in [0.05, 0.1) is 13.2 Å². The highest BCUT2D eigenvalue weighted by atomic mass is 35.5. The highest BCUT2D eigenvalue weighted by molar-refractivity contribution is 6.31. The molecule has 1 atom stereocenters. The summed E-state index contributed by atoms with van der Waals surface area (Å²) in [6.07, 6.45) is 0. The smallest absolute Gasteiger partial charge is 0.176 e. The highest BCUT2D eigenvalue weighted by Crippen LogP contribution is 2.35. The maximum Gasteiger partial charge on any atom is 0.176 e. The molecule has 0 bridgehead atoms. The van der Waals surface area contributed by atoms with Crippen molar-refractivity contribution >= 4 is 22.6 Å². The molecule has 0 spiro atoms. The van der Waals surface area contributed by atoms with Gasteiger partial charge in [-0.2, -0.15) is 0 Å². The van der Waals surface area contributed by atoms with Crippen molar-refractivity contribution < 1.29 is 13.5 Å². The fourth-order valence-corrected chi connectivity index (χ4v) is 2.51. The van der Waals surface area contributed by atoms with Crippen LogP contribution in [0.1, 0.15) is 17.4 Å². The quantitative estimate of drug-likeness (QED) is 0.785. The first-order valence-corrected chi connectivity index (χ1v) is 6.75. The van der Waals surface area contributed by atoms with Crippen molar-refractivity contribution in [3.8, 4) is 5.75 Å². The summed E-state index contributed by atoms with van der Waals surface area (Å²) in [7, 11) is 1.53. The van der Waals surface area contributed by atoms with Gasteiger partial charge in [-0.05, 0) is 18.2 Å². The zero-order chi connectivity index (χ0) is 15.0. The third-order valence-electron chi connectivity index (χ3n) is 3.33. The van der Waals surface area contributed by atoms with Crippen LogP contribution in [-0.4, -0.2) is 7.11 Å². The summed E-state index contributed by atoms with van der Waals surface area (Å²) in [6.45, 7) is 0. The van der Waals surface area contributed by atoms with Crippen LogP contribution in [0, 0.1) is 5.82 Å². The Hall–Kier alpha value is -2.04. The van der Waals surface area contributed by atoms with Gasteiger partial charge in [0, 0.05) is 22.0 Å². The van der Waals surface area contributed by atoms with Crippen LogP contribution in [0.5, 0.6) is 5.75 Å². The molecular weight excluding hydrogens is 293 g/mol. The molecule has 0 fully saturated rings. The normalized spacial score (nSPS) is 12.6. The van der Waals surface area contributed by atoms with Crippen molar-refractivity contribution in [2.24, 2.45) is 5.73 Å². The highest BCUT2D eigenvalue weighted by Gasteiger charge is 2.19. The molecule has 0 aliphatic rings. The first kappa shape index (κ1) is 13.9. The van der Waals surface area contributed by atoms with E-state index in [1.807, 2.05) is 0 Å². The molecular formula is C16H13ClFNO2. The lowest BCUT2D eigenvalue weighted by Crippen LogP contribution is -2.12. The molecule has 3 rings (SSSR count). The summed E-state index contributed by atoms with van der Waals surface area (Å²) in [6, 6.07) is 10.8. The summed E-state index contributed by atoms with van der Waals surface area (Å²) in [5, 5.41) is 1.30. The van der Waals surface area contributed by atoms with E-state index in [-0.39, 0.29) is 5.82 Å². The third kappa shape index (κ3) is 2.48. The summed E-state index contributed by atoms with van der Waals surface area (Å²) >= 11 is 6.02. The molecule has 108 valence electrons. The molecule has 3 aromatic rings. The van der Waals surface area contributed by atoms with E-state index in [1.165, 1.54) is 13.2 Å². The number of ether oxygens (including phenoxy) is 1. The van der Waals surface area contributed by atoms with E-state index in [0.717, 1.165) is 5.39 Å². The number of halogens is 2. The van der Waals surface area contributed by atoms with Gasteiger partial charge in [0.1, 0.15) is 11.6 Å². The topological polar surface area (TPSA) is 48.4 Å². The van der Waals surface area contributed by atoms with E-state index in [4.69, 9.17) is 26.5 Å². The van der Waals surface area contributed by atoms with Crippen LogP contribution in [-0.2, 0) is 0 Å². The number of benzene rings is 2. The van der Waals surface area contributed by atoms with Crippen LogP contribution >= 0.6 is 11.6 Å². The van der Waals surface area contributed by atoms with Crippen LogP contribution in [0.15, 0.2) is 46.9 Å². The summed E-state index contributed by atoms with van der Waals surface area (Å²) in [4.78, 5) is 0. The minimum absolute atomic E-state index is 0.365. The Morgan fingerprint density at radius 1 is 1.24 bits per heavy atom. The van der Waals surface area contributed by atoms with Crippen LogP contribution in [0.25, 0.3) is 11.0 Å². The van der Waals surface area contributed by atoms with Crippen LogP contribution in [0.4, 0.5) is 4.39 Å². The second kappa shape index (κ2) is 5.39. The molecule has 1 unspecified atom stereocenters. The number of nitrogens with two attached hydrogens (primary N) is 1. The third-order valence-corrected chi connectivity index (χ3v) is 3.55. The van der Waals surface area contributed by atoms with Crippen molar-refractivity contribution in [2.45, 2.75) is 6.04 Å². The van der Waals surface area contributed by atoms with Gasteiger partial charge in [-0.1, -0.05) is 29.8 Å². The number of methoxy groups -OCH3 is 1. The van der Waals surface area contributed by atoms with E-state index in [0.29, 0.717) is 27.7 Å². The lowest BCUT2D eigenvalue weighted by molar-refractivity contribution is 0.406. The van der Waals surface area contributed by atoms with Crippen molar-refractivity contribution in [2.75, 3.05) is 7.11 Å². The van der Waals surface area contributed by atoms with Gasteiger partial charge >= 0.3 is 0 Å². The average molecular weight is 306 g/mol. The maximum absolute atomic E-state index is 13.8. The maximum atomic E-state index is 13.8. The Bertz CT molecular complexity index is 800. The Kier molecular flexibility index (Phi) is 3.57. The minimum Gasteiger partial charge on any atom is -0.493 e. The van der Waals surface area contributed by atoms with Gasteiger partial charge in [0.2, 0.25) is 0 Å². The summed E-state index contributed by atoms with van der Waals surface area (Å²) < 4.78 is 24.8. The predicted octanol–water partition coefficient (Wildman–Crippen LogP) is 4.28. The fourth-order valence-electron chi connectivity index (χ4n) is 2.29. The molecule has 1 aromatic heterocycles. The molecule has 2 N–H and O–H groups in total. The van der Waals surface area contributed by atoms with Gasteiger partial charge in [0.25, 0.3) is 0 Å². The zero-order valence-electron chi connectivity index (χ0n) is 11.3. The Balaban J connectivity index is 2.11. The van der Waals surface area contributed by atoms with E-state index in [1.54, 1.807) is 36.4 Å². The van der Waals surface area contributed by atoms with E-state index < -0.39 is 6.04 Å². The predicted molar refractivity (Wildman–Crippen MR) is 80.2 cm³/mol. The zero-order valence-corrected chi connectivity index (χ0v) is 12.0. The molecule has 3 nitrogen and oxygen atoms in total. The fraction of sp³-hybridized carbons (Fsp3) is 0.125. The van der Waals surface area contributed by atoms with Crippen LogP contribution < -0.4 is 10.5 Å². The van der Waals surface area contributed by atoms with E-state index >= 15 is 0 Å². The van der Waals surface area contributed by atoms with Crippen molar-refractivity contribution in [3.05, 3.63) is 64.6 Å². The van der Waals surface area contributed by atoms with Gasteiger partial charge in [-0.3, -0.25) is 0 Å². The Labute approximate surface area is 126 Å². The number of rotatable bonds is 3. The molecule has 0 aliphatic heterocycles. The number of fused-ring (bicyclic) bond motifs is 1. The second-order valence-corrected chi connectivity index (χ2v) is 5.11. The lowest BCUT2D eigenvalue weighted by atomic mass is 10.0. The first-order valence-electron chi connectivity index (χ1n) is 6.37. The molecule has 0 saturated carbocycles. The van der Waals surface area contributed by atoms with Crippen molar-refractivity contribution in [1.82, 2.24) is 0 Å². The molecule has 0 aliphatic carbocycles. The molecule has 2 aromatic carbocycles. The Morgan fingerprint density at radius 3 is 2.71 bits per heavy atom. The average Bonchev–Trinajstić information content (AvgIpc) is 2.90. The van der Waals surface area contributed by atoms with Gasteiger partial charge in [-0.25, -0.2) is 4.39 Å². The Morgan fingerprint density at radius 2 is 2.00 bits per heavy atom. The van der Waals surface area contributed by atoms with Crippen molar-refractivity contribution in [1.29, 1.82) is 0 Å². The largest absolute Gasteiger partial charge is 0.493 e. The molecule has 1 heterocycles. The number of furan rings is 1. The first-order chi connectivity index (χ1) is 10.1. The van der Waals surface area contributed by atoms with Gasteiger partial charge < -0.3 is 14.9 Å². The molecule has 0 saturated heterocycles. The SMILES string of the molecule is COc1cc(Cl)cc2cc(C(N)c3ccccc3F)oc12. The van der Waals surface area contributed by atoms with Crippen molar-refractivity contribution in [3.63, 3.8) is 0 Å². The number of hydrogen-bond donors (Lipinski definition) is 1. The molecule has 0 amide bonds. The standard InChI is InChI=1S/C16H13ClFNO2/c1-20-14-8-10(17)6-9-7-13(21-16(9)14)15(19)11-4-2-3-5-12(11)18/h2-8,15H,19H2,1H3. The molecule has 5 heteroatoms. The van der Waals surface area contributed by atoms with E-state index in [2.05, 4.69) is 0 Å². The van der Waals surface area contributed by atoms with Gasteiger partial charge in [-0.15, -0.1) is 0 Å². The summed E-state index contributed by atoms with van der Waals surface area (Å²) in [5.74, 6) is 0.607. The minimum atomic E-state index is -0.693. The van der Waals surface area contributed by atoms with E-state index in [9.17, 15) is 4.39 Å². The van der Waals surface area contributed by atoms with Crippen LogP contribution in [0.3, 0.4) is 0 Å². The van der Waals surface area contributed by atoms with Gasteiger partial charge in [0.15, 0.2) is 11.3 Å². The van der Waals surface area contributed by atoms with Crippen LogP contribution in [0.2, 0.25) is 5.02 Å². The molecule has 21 heavy (non-hydrogen) atoms.